The van der Waals surface area contributed by atoms with Crippen LogP contribution in [0.15, 0.2) is 18.2 Å². The predicted octanol–water partition coefficient (Wildman–Crippen LogP) is 2.17. The van der Waals surface area contributed by atoms with Crippen LogP contribution in [0.3, 0.4) is 0 Å². The summed E-state index contributed by atoms with van der Waals surface area (Å²) < 4.78 is 5.33. The van der Waals surface area contributed by atoms with Crippen molar-refractivity contribution in [1.29, 1.82) is 0 Å². The molecule has 1 heterocycles. The molecule has 0 aliphatic carbocycles. The van der Waals surface area contributed by atoms with E-state index in [2.05, 4.69) is 5.32 Å². The second kappa shape index (κ2) is 4.84. The van der Waals surface area contributed by atoms with Crippen LogP contribution in [-0.2, 0) is 5.60 Å². The summed E-state index contributed by atoms with van der Waals surface area (Å²) in [6.45, 7) is 3.63. The largest absolute Gasteiger partial charge is 0.496 e. The van der Waals surface area contributed by atoms with Gasteiger partial charge in [-0.05, 0) is 31.2 Å². The minimum Gasteiger partial charge on any atom is -0.496 e. The molecular formula is C13H18ClNO2. The van der Waals surface area contributed by atoms with E-state index < -0.39 is 5.60 Å². The molecule has 0 spiro atoms. The number of aliphatic hydroxyl groups is 1. The van der Waals surface area contributed by atoms with Crippen molar-refractivity contribution in [3.05, 3.63) is 28.8 Å². The van der Waals surface area contributed by atoms with Crippen LogP contribution in [0.1, 0.15) is 18.9 Å². The number of nitrogens with one attached hydrogen (secondary N) is 1. The number of methoxy groups -OCH3 is 1. The van der Waals surface area contributed by atoms with Crippen molar-refractivity contribution < 1.29 is 9.84 Å². The number of hydrogen-bond donors (Lipinski definition) is 2. The summed E-state index contributed by atoms with van der Waals surface area (Å²) in [6, 6.07) is 5.39. The number of halogens is 1. The molecule has 94 valence electrons. The van der Waals surface area contributed by atoms with Gasteiger partial charge in [0.15, 0.2) is 0 Å². The summed E-state index contributed by atoms with van der Waals surface area (Å²) in [5.41, 5.74) is -0.0666. The molecule has 0 radical (unpaired) electrons. The summed E-state index contributed by atoms with van der Waals surface area (Å²) >= 11 is 6.02. The van der Waals surface area contributed by atoms with Gasteiger partial charge in [-0.15, -0.1) is 0 Å². The third-order valence-electron chi connectivity index (χ3n) is 3.58. The highest BCUT2D eigenvalue weighted by atomic mass is 35.5. The molecule has 2 unspecified atom stereocenters. The maximum absolute atomic E-state index is 10.9. The zero-order valence-electron chi connectivity index (χ0n) is 10.2. The maximum atomic E-state index is 10.9. The Morgan fingerprint density at radius 1 is 1.53 bits per heavy atom. The van der Waals surface area contributed by atoms with Gasteiger partial charge in [0.25, 0.3) is 0 Å². The molecule has 17 heavy (non-hydrogen) atoms. The Morgan fingerprint density at radius 2 is 2.29 bits per heavy atom. The van der Waals surface area contributed by atoms with Gasteiger partial charge in [-0.2, -0.15) is 0 Å². The van der Waals surface area contributed by atoms with Crippen LogP contribution < -0.4 is 10.1 Å². The van der Waals surface area contributed by atoms with Gasteiger partial charge in [-0.1, -0.05) is 18.5 Å². The molecule has 0 amide bonds. The van der Waals surface area contributed by atoms with Crippen molar-refractivity contribution in [2.24, 2.45) is 5.92 Å². The summed E-state index contributed by atoms with van der Waals surface area (Å²) in [7, 11) is 1.61. The topological polar surface area (TPSA) is 41.5 Å². The number of rotatable bonds is 2. The van der Waals surface area contributed by atoms with E-state index in [1.54, 1.807) is 13.2 Å². The van der Waals surface area contributed by atoms with Crippen molar-refractivity contribution >= 4 is 11.6 Å². The lowest BCUT2D eigenvalue weighted by atomic mass is 9.77. The molecule has 0 bridgehead atoms. The molecule has 2 rings (SSSR count). The maximum Gasteiger partial charge on any atom is 0.125 e. The highest BCUT2D eigenvalue weighted by molar-refractivity contribution is 6.30. The first-order valence-corrected chi connectivity index (χ1v) is 6.23. The molecule has 4 heteroatoms. The van der Waals surface area contributed by atoms with Crippen molar-refractivity contribution in [3.63, 3.8) is 0 Å². The second-order valence-corrected chi connectivity index (χ2v) is 5.06. The van der Waals surface area contributed by atoms with E-state index in [1.165, 1.54) is 0 Å². The van der Waals surface area contributed by atoms with Crippen LogP contribution in [0.2, 0.25) is 5.02 Å². The first kappa shape index (κ1) is 12.7. The fourth-order valence-corrected chi connectivity index (χ4v) is 2.60. The molecule has 0 saturated carbocycles. The minimum atomic E-state index is -0.860. The van der Waals surface area contributed by atoms with E-state index in [-0.39, 0.29) is 5.92 Å². The average Bonchev–Trinajstić information content (AvgIpc) is 2.33. The van der Waals surface area contributed by atoms with Crippen LogP contribution in [0.25, 0.3) is 0 Å². The zero-order chi connectivity index (χ0) is 12.5. The summed E-state index contributed by atoms with van der Waals surface area (Å²) in [5, 5.41) is 14.8. The second-order valence-electron chi connectivity index (χ2n) is 4.62. The molecule has 1 fully saturated rings. The zero-order valence-corrected chi connectivity index (χ0v) is 10.9. The normalized spacial score (nSPS) is 29.1. The van der Waals surface area contributed by atoms with Crippen LogP contribution >= 0.6 is 11.6 Å². The lowest BCUT2D eigenvalue weighted by molar-refractivity contribution is -0.0408. The number of hydrogen-bond acceptors (Lipinski definition) is 3. The van der Waals surface area contributed by atoms with Crippen LogP contribution in [0.5, 0.6) is 5.75 Å². The fraction of sp³-hybridized carbons (Fsp3) is 0.538. The fourth-order valence-electron chi connectivity index (χ4n) is 2.43. The lowest BCUT2D eigenvalue weighted by Crippen LogP contribution is -2.47. The van der Waals surface area contributed by atoms with Crippen LogP contribution in [-0.4, -0.2) is 25.3 Å². The molecule has 1 aromatic rings. The van der Waals surface area contributed by atoms with Gasteiger partial charge in [0.2, 0.25) is 0 Å². The Morgan fingerprint density at radius 3 is 2.94 bits per heavy atom. The molecule has 3 nitrogen and oxygen atoms in total. The minimum absolute atomic E-state index is 0.128. The highest BCUT2D eigenvalue weighted by Gasteiger charge is 2.39. The summed E-state index contributed by atoms with van der Waals surface area (Å²) in [4.78, 5) is 0. The predicted molar refractivity (Wildman–Crippen MR) is 68.6 cm³/mol. The number of piperidine rings is 1. The Kier molecular flexibility index (Phi) is 3.61. The van der Waals surface area contributed by atoms with Crippen molar-refractivity contribution in [3.8, 4) is 5.75 Å². The lowest BCUT2D eigenvalue weighted by Gasteiger charge is -2.39. The molecular weight excluding hydrogens is 238 g/mol. The third kappa shape index (κ3) is 2.28. The number of ether oxygens (including phenoxy) is 1. The van der Waals surface area contributed by atoms with Gasteiger partial charge in [0.1, 0.15) is 5.75 Å². The van der Waals surface area contributed by atoms with Crippen LogP contribution in [0, 0.1) is 5.92 Å². The van der Waals surface area contributed by atoms with Gasteiger partial charge in [0, 0.05) is 23.0 Å². The summed E-state index contributed by atoms with van der Waals surface area (Å²) in [5.74, 6) is 0.828. The standard InChI is InChI=1S/C13H18ClNO2/c1-9-8-15-6-5-13(9,16)11-7-10(14)3-4-12(11)17-2/h3-4,7,9,15-16H,5-6,8H2,1-2H3. The van der Waals surface area contributed by atoms with Crippen molar-refractivity contribution in [1.82, 2.24) is 5.32 Å². The van der Waals surface area contributed by atoms with E-state index in [0.717, 1.165) is 18.7 Å². The molecule has 1 aromatic carbocycles. The number of benzene rings is 1. The van der Waals surface area contributed by atoms with E-state index in [4.69, 9.17) is 16.3 Å². The van der Waals surface area contributed by atoms with E-state index in [9.17, 15) is 5.11 Å². The Hall–Kier alpha value is -0.770. The molecule has 1 saturated heterocycles. The van der Waals surface area contributed by atoms with E-state index >= 15 is 0 Å². The quantitative estimate of drug-likeness (QED) is 0.851. The first-order chi connectivity index (χ1) is 8.08. The Labute approximate surface area is 107 Å². The van der Waals surface area contributed by atoms with Crippen LogP contribution in [0.4, 0.5) is 0 Å². The van der Waals surface area contributed by atoms with Crippen molar-refractivity contribution in [2.45, 2.75) is 18.9 Å². The van der Waals surface area contributed by atoms with Gasteiger partial charge in [0.05, 0.1) is 12.7 Å². The monoisotopic (exact) mass is 255 g/mol. The smallest absolute Gasteiger partial charge is 0.125 e. The molecule has 2 N–H and O–H groups in total. The first-order valence-electron chi connectivity index (χ1n) is 5.85. The molecule has 0 aromatic heterocycles. The highest BCUT2D eigenvalue weighted by Crippen LogP contribution is 2.40. The van der Waals surface area contributed by atoms with Gasteiger partial charge >= 0.3 is 0 Å². The van der Waals surface area contributed by atoms with E-state index in [0.29, 0.717) is 17.2 Å². The van der Waals surface area contributed by atoms with Crippen molar-refractivity contribution in [2.75, 3.05) is 20.2 Å². The van der Waals surface area contributed by atoms with Gasteiger partial charge in [-0.3, -0.25) is 0 Å². The summed E-state index contributed by atoms with van der Waals surface area (Å²) in [6.07, 6.45) is 0.671. The third-order valence-corrected chi connectivity index (χ3v) is 3.81. The van der Waals surface area contributed by atoms with Gasteiger partial charge in [-0.25, -0.2) is 0 Å². The average molecular weight is 256 g/mol. The van der Waals surface area contributed by atoms with Gasteiger partial charge < -0.3 is 15.2 Å². The SMILES string of the molecule is COc1ccc(Cl)cc1C1(O)CCNCC1C. The van der Waals surface area contributed by atoms with E-state index in [1.807, 2.05) is 19.1 Å². The molecule has 2 atom stereocenters. The Bertz CT molecular complexity index is 410. The molecule has 1 aliphatic heterocycles. The molecule has 1 aliphatic rings. The Balaban J connectivity index is 2.46.